The van der Waals surface area contributed by atoms with Gasteiger partial charge in [0.05, 0.1) is 30.6 Å². The summed E-state index contributed by atoms with van der Waals surface area (Å²) in [6.07, 6.45) is 1.55. The molecule has 1 N–H and O–H groups in total. The molecule has 3 aromatic rings. The highest BCUT2D eigenvalue weighted by atomic mass is 35.5. The van der Waals surface area contributed by atoms with E-state index >= 15 is 0 Å². The number of thioether (sulfide) groups is 1. The van der Waals surface area contributed by atoms with E-state index in [-0.39, 0.29) is 24.8 Å². The lowest BCUT2D eigenvalue weighted by Crippen LogP contribution is -2.33. The SMILES string of the molecule is COc1ccc(NC(=O)CC2SC(=Nc3ccccc3)N(Cc3ccco3)C2=O)cc1Cl. The standard InChI is InChI=1S/C23H20ClN3O4S/c1-30-19-10-9-16(12-18(19)24)25-21(28)13-20-22(29)27(14-17-8-5-11-31-17)23(32-20)26-15-6-3-2-4-7-15/h2-12,20H,13-14H2,1H3,(H,25,28). The smallest absolute Gasteiger partial charge is 0.243 e. The molecule has 1 aliphatic rings. The second kappa shape index (κ2) is 9.93. The summed E-state index contributed by atoms with van der Waals surface area (Å²) in [4.78, 5) is 31.9. The molecule has 7 nitrogen and oxygen atoms in total. The molecule has 2 aromatic carbocycles. The number of carbonyl (C=O) groups excluding carboxylic acids is 2. The quantitative estimate of drug-likeness (QED) is 0.520. The normalized spacial score (nSPS) is 17.1. The Morgan fingerprint density at radius 3 is 2.72 bits per heavy atom. The van der Waals surface area contributed by atoms with Crippen molar-refractivity contribution in [3.8, 4) is 5.75 Å². The predicted molar refractivity (Wildman–Crippen MR) is 125 cm³/mol. The minimum Gasteiger partial charge on any atom is -0.495 e. The first kappa shape index (κ1) is 22.0. The average molecular weight is 470 g/mol. The first-order valence-electron chi connectivity index (χ1n) is 9.81. The molecule has 1 atom stereocenters. The molecule has 2 amide bonds. The van der Waals surface area contributed by atoms with E-state index in [4.69, 9.17) is 20.8 Å². The Balaban J connectivity index is 1.49. The number of ether oxygens (including phenoxy) is 1. The Kier molecular flexibility index (Phi) is 6.82. The molecule has 0 spiro atoms. The number of amides is 2. The molecule has 9 heteroatoms. The Labute approximate surface area is 194 Å². The molecule has 0 aliphatic carbocycles. The van der Waals surface area contributed by atoms with Gasteiger partial charge in [-0.15, -0.1) is 0 Å². The molecule has 1 saturated heterocycles. The topological polar surface area (TPSA) is 84.1 Å². The van der Waals surface area contributed by atoms with Gasteiger partial charge in [0.25, 0.3) is 0 Å². The van der Waals surface area contributed by atoms with Gasteiger partial charge in [-0.05, 0) is 42.5 Å². The van der Waals surface area contributed by atoms with E-state index in [1.54, 1.807) is 41.5 Å². The number of methoxy groups -OCH3 is 1. The number of amidine groups is 1. The second-order valence-corrected chi connectivity index (χ2v) is 8.52. The number of para-hydroxylation sites is 1. The zero-order chi connectivity index (χ0) is 22.5. The molecule has 0 radical (unpaired) electrons. The number of halogens is 1. The maximum atomic E-state index is 13.1. The van der Waals surface area contributed by atoms with Crippen LogP contribution in [0, 0.1) is 0 Å². The predicted octanol–water partition coefficient (Wildman–Crippen LogP) is 5.10. The lowest BCUT2D eigenvalue weighted by atomic mass is 10.2. The summed E-state index contributed by atoms with van der Waals surface area (Å²) in [5.41, 5.74) is 1.26. The van der Waals surface area contributed by atoms with Crippen LogP contribution in [0.2, 0.25) is 5.02 Å². The van der Waals surface area contributed by atoms with E-state index in [9.17, 15) is 9.59 Å². The number of rotatable bonds is 7. The molecule has 1 fully saturated rings. The zero-order valence-corrected chi connectivity index (χ0v) is 18.7. The van der Waals surface area contributed by atoms with Gasteiger partial charge in [-0.25, -0.2) is 4.99 Å². The minimum atomic E-state index is -0.596. The van der Waals surface area contributed by atoms with Crippen LogP contribution in [0.25, 0.3) is 0 Å². The number of nitrogens with zero attached hydrogens (tertiary/aromatic N) is 2. The van der Waals surface area contributed by atoms with Crippen LogP contribution >= 0.6 is 23.4 Å². The summed E-state index contributed by atoms with van der Waals surface area (Å²) in [5, 5.41) is 3.11. The Hall–Kier alpha value is -3.23. The third-order valence-corrected chi connectivity index (χ3v) is 6.17. The number of anilines is 1. The number of hydrogen-bond donors (Lipinski definition) is 1. The van der Waals surface area contributed by atoms with Gasteiger partial charge in [-0.3, -0.25) is 14.5 Å². The molecule has 1 unspecified atom stereocenters. The fraction of sp³-hybridized carbons (Fsp3) is 0.174. The summed E-state index contributed by atoms with van der Waals surface area (Å²) in [7, 11) is 1.52. The molecular formula is C23H20ClN3O4S. The van der Waals surface area contributed by atoms with E-state index in [2.05, 4.69) is 10.3 Å². The Morgan fingerprint density at radius 2 is 2.03 bits per heavy atom. The number of hydrogen-bond acceptors (Lipinski definition) is 6. The molecular weight excluding hydrogens is 450 g/mol. The maximum absolute atomic E-state index is 13.1. The maximum Gasteiger partial charge on any atom is 0.243 e. The largest absolute Gasteiger partial charge is 0.495 e. The van der Waals surface area contributed by atoms with Crippen molar-refractivity contribution in [1.82, 2.24) is 4.90 Å². The van der Waals surface area contributed by atoms with Crippen molar-refractivity contribution in [3.63, 3.8) is 0 Å². The summed E-state index contributed by atoms with van der Waals surface area (Å²) in [6, 6.07) is 17.9. The van der Waals surface area contributed by atoms with Crippen LogP contribution < -0.4 is 10.1 Å². The van der Waals surface area contributed by atoms with E-state index in [0.29, 0.717) is 27.4 Å². The van der Waals surface area contributed by atoms with Crippen molar-refractivity contribution >= 4 is 51.7 Å². The van der Waals surface area contributed by atoms with Gasteiger partial charge in [0.15, 0.2) is 5.17 Å². The van der Waals surface area contributed by atoms with Crippen LogP contribution in [0.1, 0.15) is 12.2 Å². The van der Waals surface area contributed by atoms with Gasteiger partial charge < -0.3 is 14.5 Å². The van der Waals surface area contributed by atoms with Gasteiger partial charge in [-0.2, -0.15) is 0 Å². The molecule has 1 aromatic heterocycles. The first-order valence-corrected chi connectivity index (χ1v) is 11.1. The highest BCUT2D eigenvalue weighted by Crippen LogP contribution is 2.33. The van der Waals surface area contributed by atoms with Crippen molar-refractivity contribution < 1.29 is 18.7 Å². The van der Waals surface area contributed by atoms with Crippen molar-refractivity contribution in [2.45, 2.75) is 18.2 Å². The molecule has 164 valence electrons. The Morgan fingerprint density at radius 1 is 1.22 bits per heavy atom. The van der Waals surface area contributed by atoms with Crippen LogP contribution in [0.4, 0.5) is 11.4 Å². The van der Waals surface area contributed by atoms with E-state index in [1.807, 2.05) is 30.3 Å². The first-order chi connectivity index (χ1) is 15.5. The number of nitrogens with one attached hydrogen (secondary N) is 1. The third-order valence-electron chi connectivity index (χ3n) is 4.70. The van der Waals surface area contributed by atoms with E-state index in [1.165, 1.54) is 18.9 Å². The van der Waals surface area contributed by atoms with Crippen LogP contribution in [0.15, 0.2) is 76.3 Å². The summed E-state index contributed by atoms with van der Waals surface area (Å²) >= 11 is 7.39. The highest BCUT2D eigenvalue weighted by molar-refractivity contribution is 8.15. The van der Waals surface area contributed by atoms with Crippen LogP contribution in [-0.4, -0.2) is 34.2 Å². The van der Waals surface area contributed by atoms with Crippen LogP contribution in [0.3, 0.4) is 0 Å². The van der Waals surface area contributed by atoms with Gasteiger partial charge in [0, 0.05) is 12.1 Å². The number of carbonyl (C=O) groups is 2. The van der Waals surface area contributed by atoms with Crippen molar-refractivity contribution in [3.05, 3.63) is 77.7 Å². The van der Waals surface area contributed by atoms with Gasteiger partial charge in [0.1, 0.15) is 16.8 Å². The van der Waals surface area contributed by atoms with Gasteiger partial charge >= 0.3 is 0 Å². The number of furan rings is 1. The summed E-state index contributed by atoms with van der Waals surface area (Å²) in [6.45, 7) is 0.247. The lowest BCUT2D eigenvalue weighted by molar-refractivity contribution is -0.128. The summed E-state index contributed by atoms with van der Waals surface area (Å²) in [5.74, 6) is 0.666. The third kappa shape index (κ3) is 5.15. The molecule has 4 rings (SSSR count). The van der Waals surface area contributed by atoms with Gasteiger partial charge in [-0.1, -0.05) is 41.6 Å². The monoisotopic (exact) mass is 469 g/mol. The van der Waals surface area contributed by atoms with Gasteiger partial charge in [0.2, 0.25) is 11.8 Å². The summed E-state index contributed by atoms with van der Waals surface area (Å²) < 4.78 is 10.5. The lowest BCUT2D eigenvalue weighted by Gasteiger charge is -2.15. The minimum absolute atomic E-state index is 0.00435. The molecule has 1 aliphatic heterocycles. The van der Waals surface area contributed by atoms with E-state index < -0.39 is 5.25 Å². The molecule has 2 heterocycles. The van der Waals surface area contributed by atoms with Crippen molar-refractivity contribution in [1.29, 1.82) is 0 Å². The highest BCUT2D eigenvalue weighted by Gasteiger charge is 2.39. The molecule has 0 saturated carbocycles. The fourth-order valence-electron chi connectivity index (χ4n) is 3.17. The van der Waals surface area contributed by atoms with Crippen molar-refractivity contribution in [2.75, 3.05) is 12.4 Å². The van der Waals surface area contributed by atoms with Crippen molar-refractivity contribution in [2.24, 2.45) is 4.99 Å². The zero-order valence-electron chi connectivity index (χ0n) is 17.2. The Bertz CT molecular complexity index is 1140. The van der Waals surface area contributed by atoms with E-state index in [0.717, 1.165) is 5.69 Å². The fourth-order valence-corrected chi connectivity index (χ4v) is 4.58. The van der Waals surface area contributed by atoms with Crippen LogP contribution in [0.5, 0.6) is 5.75 Å². The second-order valence-electron chi connectivity index (χ2n) is 6.94. The average Bonchev–Trinajstić information content (AvgIpc) is 3.39. The number of aliphatic imine (C=N–C) groups is 1. The number of benzene rings is 2. The molecule has 0 bridgehead atoms. The van der Waals surface area contributed by atoms with Crippen LogP contribution in [-0.2, 0) is 16.1 Å². The molecule has 32 heavy (non-hydrogen) atoms.